The number of hydrogen-bond acceptors (Lipinski definition) is 5. The lowest BCUT2D eigenvalue weighted by molar-refractivity contribution is -0.140. The number of carbonyl (C=O) groups excluding carboxylic acids is 2. The molecule has 1 fully saturated rings. The van der Waals surface area contributed by atoms with Crippen LogP contribution in [0, 0.1) is 6.92 Å². The molecule has 1 aliphatic rings. The van der Waals surface area contributed by atoms with Crippen LogP contribution in [0.3, 0.4) is 0 Å². The topological polar surface area (TPSA) is 96.0 Å². The van der Waals surface area contributed by atoms with E-state index in [1.165, 1.54) is 24.1 Å². The second-order valence-corrected chi connectivity index (χ2v) is 14.1. The van der Waals surface area contributed by atoms with Crippen molar-refractivity contribution < 1.29 is 22.7 Å². The van der Waals surface area contributed by atoms with Gasteiger partial charge in [0, 0.05) is 17.6 Å². The lowest BCUT2D eigenvalue weighted by Crippen LogP contribution is -2.54. The molecule has 0 unspecified atom stereocenters. The van der Waals surface area contributed by atoms with E-state index in [0.717, 1.165) is 42.0 Å². The summed E-state index contributed by atoms with van der Waals surface area (Å²) >= 11 is 9.88. The lowest BCUT2D eigenvalue weighted by Gasteiger charge is -2.34. The van der Waals surface area contributed by atoms with Crippen molar-refractivity contribution in [1.82, 2.24) is 10.2 Å². The first kappa shape index (κ1) is 33.8. The van der Waals surface area contributed by atoms with Gasteiger partial charge in [-0.15, -0.1) is 0 Å². The van der Waals surface area contributed by atoms with Gasteiger partial charge in [-0.2, -0.15) is 0 Å². The van der Waals surface area contributed by atoms with E-state index >= 15 is 0 Å². The molecule has 0 spiro atoms. The Labute approximate surface area is 273 Å². The van der Waals surface area contributed by atoms with Crippen molar-refractivity contribution in [2.24, 2.45) is 0 Å². The standard InChI is InChI=1S/C33H39BrClN3O5S/c1-4-30(33(40)36-25-11-6-5-7-12-25)37(21-24-10-8-9-13-29(24)35)32(39)22-38(26-16-14-23(2)15-17-26)44(41,42)27-18-19-31(43-3)28(34)20-27/h8-10,13-20,25,30H,4-7,11-12,21-22H2,1-3H3,(H,36,40)/t30-/m1/s1. The van der Waals surface area contributed by atoms with Gasteiger partial charge in [0.1, 0.15) is 18.3 Å². The Bertz CT molecular complexity index is 1560. The van der Waals surface area contributed by atoms with Crippen molar-refractivity contribution in [1.29, 1.82) is 0 Å². The summed E-state index contributed by atoms with van der Waals surface area (Å²) in [4.78, 5) is 29.4. The summed E-state index contributed by atoms with van der Waals surface area (Å²) in [5, 5.41) is 3.61. The highest BCUT2D eigenvalue weighted by atomic mass is 79.9. The smallest absolute Gasteiger partial charge is 0.264 e. The van der Waals surface area contributed by atoms with Gasteiger partial charge in [-0.25, -0.2) is 8.42 Å². The zero-order valence-electron chi connectivity index (χ0n) is 25.3. The Morgan fingerprint density at radius 3 is 2.34 bits per heavy atom. The minimum Gasteiger partial charge on any atom is -0.496 e. The highest BCUT2D eigenvalue weighted by Gasteiger charge is 2.35. The van der Waals surface area contributed by atoms with Gasteiger partial charge in [-0.3, -0.25) is 13.9 Å². The number of ether oxygens (including phenoxy) is 1. The molecule has 2 amide bonds. The molecule has 3 aromatic rings. The molecule has 1 saturated carbocycles. The third-order valence-electron chi connectivity index (χ3n) is 7.95. The van der Waals surface area contributed by atoms with Crippen LogP contribution in [0.5, 0.6) is 5.75 Å². The Morgan fingerprint density at radius 1 is 1.05 bits per heavy atom. The van der Waals surface area contributed by atoms with E-state index in [4.69, 9.17) is 16.3 Å². The number of nitrogens with zero attached hydrogens (tertiary/aromatic N) is 2. The third kappa shape index (κ3) is 8.14. The molecule has 11 heteroatoms. The molecule has 4 rings (SSSR count). The van der Waals surface area contributed by atoms with Gasteiger partial charge in [-0.1, -0.05) is 73.7 Å². The minimum atomic E-state index is -4.23. The van der Waals surface area contributed by atoms with Crippen molar-refractivity contribution in [2.75, 3.05) is 18.0 Å². The number of nitrogens with one attached hydrogen (secondary N) is 1. The SMILES string of the molecule is CC[C@H](C(=O)NC1CCCCC1)N(Cc1ccccc1Cl)C(=O)CN(c1ccc(C)cc1)S(=O)(=O)c1ccc(OC)c(Br)c1. The molecule has 0 bridgehead atoms. The summed E-state index contributed by atoms with van der Waals surface area (Å²) in [5.41, 5.74) is 1.93. The number of methoxy groups -OCH3 is 1. The van der Waals surface area contributed by atoms with Gasteiger partial charge in [0.2, 0.25) is 11.8 Å². The molecule has 1 atom stereocenters. The predicted molar refractivity (Wildman–Crippen MR) is 178 cm³/mol. The van der Waals surface area contributed by atoms with Crippen LogP contribution in [0.2, 0.25) is 5.02 Å². The van der Waals surface area contributed by atoms with E-state index in [2.05, 4.69) is 21.2 Å². The van der Waals surface area contributed by atoms with Crippen LogP contribution in [0.25, 0.3) is 0 Å². The van der Waals surface area contributed by atoms with Crippen LogP contribution < -0.4 is 14.4 Å². The largest absolute Gasteiger partial charge is 0.496 e. The Morgan fingerprint density at radius 2 is 1.73 bits per heavy atom. The first-order valence-corrected chi connectivity index (χ1v) is 17.4. The third-order valence-corrected chi connectivity index (χ3v) is 10.7. The van der Waals surface area contributed by atoms with E-state index in [9.17, 15) is 18.0 Å². The highest BCUT2D eigenvalue weighted by Crippen LogP contribution is 2.31. The monoisotopic (exact) mass is 703 g/mol. The molecule has 0 aliphatic heterocycles. The van der Waals surface area contributed by atoms with Crippen molar-refractivity contribution >= 4 is 55.1 Å². The quantitative estimate of drug-likeness (QED) is 0.222. The van der Waals surface area contributed by atoms with Crippen molar-refractivity contribution in [3.05, 3.63) is 87.4 Å². The number of amides is 2. The number of anilines is 1. The summed E-state index contributed by atoms with van der Waals surface area (Å²) in [6.07, 6.45) is 5.39. The van der Waals surface area contributed by atoms with Gasteiger partial charge in [-0.05, 0) is 84.1 Å². The molecule has 3 aromatic carbocycles. The molecule has 1 N–H and O–H groups in total. The molecule has 8 nitrogen and oxygen atoms in total. The first-order valence-electron chi connectivity index (χ1n) is 14.8. The molecule has 44 heavy (non-hydrogen) atoms. The van der Waals surface area contributed by atoms with Crippen molar-refractivity contribution in [3.8, 4) is 5.75 Å². The van der Waals surface area contributed by atoms with E-state index < -0.39 is 28.5 Å². The van der Waals surface area contributed by atoms with Crippen LogP contribution >= 0.6 is 27.5 Å². The molecule has 0 aromatic heterocycles. The Kier molecular flexibility index (Phi) is 11.7. The van der Waals surface area contributed by atoms with Crippen molar-refractivity contribution in [3.63, 3.8) is 0 Å². The number of aryl methyl sites for hydroxylation is 1. The normalized spacial score (nSPS) is 14.5. The molecule has 236 valence electrons. The van der Waals surface area contributed by atoms with E-state index in [1.807, 2.05) is 19.9 Å². The predicted octanol–water partition coefficient (Wildman–Crippen LogP) is 6.87. The van der Waals surface area contributed by atoms with E-state index in [-0.39, 0.29) is 23.4 Å². The molecular formula is C33H39BrClN3O5S. The summed E-state index contributed by atoms with van der Waals surface area (Å²) < 4.78 is 35.2. The molecule has 0 radical (unpaired) electrons. The summed E-state index contributed by atoms with van der Waals surface area (Å²) in [6, 6.07) is 17.8. The number of sulfonamides is 1. The van der Waals surface area contributed by atoms with E-state index in [0.29, 0.717) is 32.9 Å². The number of rotatable bonds is 12. The zero-order valence-corrected chi connectivity index (χ0v) is 28.4. The number of carbonyl (C=O) groups is 2. The van der Waals surface area contributed by atoms with Crippen LogP contribution in [-0.2, 0) is 26.2 Å². The molecule has 0 heterocycles. The number of halogens is 2. The highest BCUT2D eigenvalue weighted by molar-refractivity contribution is 9.10. The van der Waals surface area contributed by atoms with Crippen molar-refractivity contribution in [2.45, 2.75) is 75.9 Å². The van der Waals surface area contributed by atoms with Gasteiger partial charge in [0.05, 0.1) is 22.2 Å². The van der Waals surface area contributed by atoms with Gasteiger partial charge in [0.25, 0.3) is 10.0 Å². The second-order valence-electron chi connectivity index (χ2n) is 11.0. The van der Waals surface area contributed by atoms with Gasteiger partial charge < -0.3 is 15.0 Å². The number of benzene rings is 3. The lowest BCUT2D eigenvalue weighted by atomic mass is 9.95. The maximum absolute atomic E-state index is 14.3. The zero-order chi connectivity index (χ0) is 31.9. The average molecular weight is 705 g/mol. The minimum absolute atomic E-state index is 0.0155. The van der Waals surface area contributed by atoms with Crippen LogP contribution in [0.1, 0.15) is 56.6 Å². The fourth-order valence-corrected chi connectivity index (χ4v) is 7.78. The molecule has 0 saturated heterocycles. The first-order chi connectivity index (χ1) is 21.0. The second kappa shape index (κ2) is 15.3. The fourth-order valence-electron chi connectivity index (χ4n) is 5.45. The summed E-state index contributed by atoms with van der Waals surface area (Å²) in [5.74, 6) is -0.293. The summed E-state index contributed by atoms with van der Waals surface area (Å²) in [6.45, 7) is 3.27. The molecular weight excluding hydrogens is 666 g/mol. The molecule has 1 aliphatic carbocycles. The van der Waals surface area contributed by atoms with Gasteiger partial charge >= 0.3 is 0 Å². The van der Waals surface area contributed by atoms with Gasteiger partial charge in [0.15, 0.2) is 0 Å². The fraction of sp³-hybridized carbons (Fsp3) is 0.394. The van der Waals surface area contributed by atoms with Crippen LogP contribution in [0.15, 0.2) is 76.1 Å². The Balaban J connectivity index is 1.73. The Hall–Kier alpha value is -3.08. The average Bonchev–Trinajstić information content (AvgIpc) is 3.01. The summed E-state index contributed by atoms with van der Waals surface area (Å²) in [7, 11) is -2.73. The van der Waals surface area contributed by atoms with E-state index in [1.54, 1.807) is 48.5 Å². The maximum Gasteiger partial charge on any atom is 0.264 e. The number of hydrogen-bond donors (Lipinski definition) is 1. The maximum atomic E-state index is 14.3. The van der Waals surface area contributed by atoms with Crippen LogP contribution in [0.4, 0.5) is 5.69 Å². The van der Waals surface area contributed by atoms with Crippen LogP contribution in [-0.4, -0.2) is 50.9 Å².